The van der Waals surface area contributed by atoms with Crippen molar-refractivity contribution in [3.05, 3.63) is 65.6 Å². The summed E-state index contributed by atoms with van der Waals surface area (Å²) >= 11 is 0. The van der Waals surface area contributed by atoms with Crippen molar-refractivity contribution in [3.63, 3.8) is 0 Å². The number of likely N-dealkylation sites (tertiary alicyclic amines) is 1. The van der Waals surface area contributed by atoms with E-state index < -0.39 is 11.7 Å². The van der Waals surface area contributed by atoms with Crippen LogP contribution in [0.2, 0.25) is 0 Å². The molecule has 0 saturated carbocycles. The van der Waals surface area contributed by atoms with Crippen molar-refractivity contribution in [3.8, 4) is 0 Å². The molecule has 2 aromatic carbocycles. The molecule has 4 rings (SSSR count). The van der Waals surface area contributed by atoms with Crippen LogP contribution in [0, 0.1) is 17.7 Å². The molecule has 0 bridgehead atoms. The summed E-state index contributed by atoms with van der Waals surface area (Å²) in [7, 11) is 0. The molecule has 3 amide bonds. The van der Waals surface area contributed by atoms with E-state index in [1.165, 1.54) is 31.2 Å². The number of amides is 3. The summed E-state index contributed by atoms with van der Waals surface area (Å²) in [4.78, 5) is 41.6. The highest BCUT2D eigenvalue weighted by molar-refractivity contribution is 6.45. The third-order valence-electron chi connectivity index (χ3n) is 5.82. The number of hydrogen-bond acceptors (Lipinski definition) is 4. The number of nitrogens with one attached hydrogen (secondary N) is 1. The summed E-state index contributed by atoms with van der Waals surface area (Å²) in [5.74, 6) is -0.665. The Bertz CT molecular complexity index is 1080. The first kappa shape index (κ1) is 21.7. The van der Waals surface area contributed by atoms with Crippen LogP contribution in [0.25, 0.3) is 5.57 Å². The van der Waals surface area contributed by atoms with E-state index in [2.05, 4.69) is 19.2 Å². The first-order valence-corrected chi connectivity index (χ1v) is 10.8. The number of carbonyl (C=O) groups is 3. The first-order chi connectivity index (χ1) is 15.2. The largest absolute Gasteiger partial charge is 0.366 e. The molecule has 6 nitrogen and oxygen atoms in total. The van der Waals surface area contributed by atoms with Crippen LogP contribution in [-0.4, -0.2) is 35.7 Å². The number of halogens is 1. The predicted octanol–water partition coefficient (Wildman–Crippen LogP) is 4.05. The fraction of sp³-hybridized carbons (Fsp3) is 0.320. The molecule has 7 heteroatoms. The van der Waals surface area contributed by atoms with Crippen LogP contribution in [0.5, 0.6) is 0 Å². The van der Waals surface area contributed by atoms with Crippen molar-refractivity contribution in [1.29, 1.82) is 0 Å². The summed E-state index contributed by atoms with van der Waals surface area (Å²) in [6.07, 6.45) is 1.06. The third kappa shape index (κ3) is 4.15. The van der Waals surface area contributed by atoms with E-state index in [1.54, 1.807) is 24.3 Å². The van der Waals surface area contributed by atoms with Gasteiger partial charge in [-0.2, -0.15) is 0 Å². The molecule has 2 unspecified atom stereocenters. The average molecular weight is 435 g/mol. The molecule has 1 N–H and O–H groups in total. The lowest BCUT2D eigenvalue weighted by Gasteiger charge is -2.37. The van der Waals surface area contributed by atoms with Gasteiger partial charge in [-0.3, -0.25) is 14.4 Å². The van der Waals surface area contributed by atoms with Crippen LogP contribution in [0.3, 0.4) is 0 Å². The zero-order chi connectivity index (χ0) is 23.0. The maximum Gasteiger partial charge on any atom is 0.282 e. The quantitative estimate of drug-likeness (QED) is 0.736. The third-order valence-corrected chi connectivity index (χ3v) is 5.82. The minimum atomic E-state index is -0.435. The Hall–Kier alpha value is -3.48. The van der Waals surface area contributed by atoms with E-state index in [4.69, 9.17) is 0 Å². The normalized spacial score (nSPS) is 21.4. The Labute approximate surface area is 186 Å². The van der Waals surface area contributed by atoms with Crippen molar-refractivity contribution >= 4 is 34.7 Å². The highest BCUT2D eigenvalue weighted by atomic mass is 19.1. The zero-order valence-corrected chi connectivity index (χ0v) is 18.4. The van der Waals surface area contributed by atoms with E-state index >= 15 is 0 Å². The second-order valence-electron chi connectivity index (χ2n) is 8.76. The fourth-order valence-electron chi connectivity index (χ4n) is 4.67. The van der Waals surface area contributed by atoms with E-state index in [0.717, 1.165) is 11.3 Å². The number of nitrogens with zero attached hydrogens (tertiary/aromatic N) is 2. The van der Waals surface area contributed by atoms with Crippen molar-refractivity contribution in [2.45, 2.75) is 27.2 Å². The lowest BCUT2D eigenvalue weighted by Crippen LogP contribution is -2.42. The molecular weight excluding hydrogens is 409 g/mol. The number of rotatable bonds is 4. The molecule has 2 aromatic rings. The van der Waals surface area contributed by atoms with Gasteiger partial charge in [0.25, 0.3) is 11.8 Å². The van der Waals surface area contributed by atoms with Crippen molar-refractivity contribution < 1.29 is 18.8 Å². The molecule has 2 heterocycles. The maximum atomic E-state index is 13.6. The van der Waals surface area contributed by atoms with Crippen LogP contribution in [0.4, 0.5) is 15.8 Å². The summed E-state index contributed by atoms with van der Waals surface area (Å²) in [5, 5.41) is 2.67. The summed E-state index contributed by atoms with van der Waals surface area (Å²) < 4.78 is 13.6. The number of carbonyl (C=O) groups excluding carboxylic acids is 3. The Morgan fingerprint density at radius 3 is 2.09 bits per heavy atom. The molecule has 0 spiro atoms. The first-order valence-electron chi connectivity index (χ1n) is 10.8. The monoisotopic (exact) mass is 435 g/mol. The summed E-state index contributed by atoms with van der Waals surface area (Å²) in [6.45, 7) is 7.05. The number of benzene rings is 2. The SMILES string of the molecule is CC(=O)Nc1ccc(N2C(=O)C(c3ccc(F)cc3)=C(N3CC(C)CC(C)C3)C2=O)cc1. The lowest BCUT2D eigenvalue weighted by atomic mass is 9.91. The van der Waals surface area contributed by atoms with Gasteiger partial charge in [-0.15, -0.1) is 0 Å². The molecule has 0 aromatic heterocycles. The Kier molecular flexibility index (Phi) is 5.82. The smallest absolute Gasteiger partial charge is 0.282 e. The van der Waals surface area contributed by atoms with Crippen LogP contribution >= 0.6 is 0 Å². The van der Waals surface area contributed by atoms with Gasteiger partial charge in [0.2, 0.25) is 5.91 Å². The van der Waals surface area contributed by atoms with Gasteiger partial charge in [-0.05, 0) is 60.2 Å². The summed E-state index contributed by atoms with van der Waals surface area (Å²) in [5.41, 5.74) is 2.17. The van der Waals surface area contributed by atoms with Gasteiger partial charge in [0.05, 0.1) is 11.3 Å². The second-order valence-corrected chi connectivity index (χ2v) is 8.76. The van der Waals surface area contributed by atoms with E-state index in [1.807, 2.05) is 4.90 Å². The number of piperidine rings is 1. The summed E-state index contributed by atoms with van der Waals surface area (Å²) in [6, 6.07) is 12.2. The molecule has 2 atom stereocenters. The predicted molar refractivity (Wildman–Crippen MR) is 121 cm³/mol. The standard InChI is InChI=1S/C25H26FN3O3/c1-15-12-16(2)14-28(13-15)23-22(18-4-6-19(26)7-5-18)24(31)29(25(23)32)21-10-8-20(9-11-21)27-17(3)30/h4-11,15-16H,12-14H2,1-3H3,(H,27,30). The maximum absolute atomic E-state index is 13.6. The number of hydrogen-bond donors (Lipinski definition) is 1. The molecular formula is C25H26FN3O3. The van der Waals surface area contributed by atoms with Gasteiger partial charge in [0.15, 0.2) is 0 Å². The topological polar surface area (TPSA) is 69.7 Å². The van der Waals surface area contributed by atoms with Gasteiger partial charge in [0.1, 0.15) is 11.5 Å². The van der Waals surface area contributed by atoms with E-state index in [9.17, 15) is 18.8 Å². The fourth-order valence-corrected chi connectivity index (χ4v) is 4.67. The minimum Gasteiger partial charge on any atom is -0.366 e. The van der Waals surface area contributed by atoms with Crippen LogP contribution in [0.15, 0.2) is 54.2 Å². The lowest BCUT2D eigenvalue weighted by molar-refractivity contribution is -0.121. The minimum absolute atomic E-state index is 0.207. The van der Waals surface area contributed by atoms with Gasteiger partial charge < -0.3 is 10.2 Å². The van der Waals surface area contributed by atoms with Gasteiger partial charge in [-0.1, -0.05) is 26.0 Å². The molecule has 1 saturated heterocycles. The Morgan fingerprint density at radius 1 is 0.938 bits per heavy atom. The van der Waals surface area contributed by atoms with Crippen molar-refractivity contribution in [1.82, 2.24) is 4.90 Å². The Morgan fingerprint density at radius 2 is 1.53 bits per heavy atom. The highest BCUT2D eigenvalue weighted by Crippen LogP contribution is 2.37. The molecule has 2 aliphatic rings. The van der Waals surface area contributed by atoms with Crippen molar-refractivity contribution in [2.75, 3.05) is 23.3 Å². The highest BCUT2D eigenvalue weighted by Gasteiger charge is 2.43. The molecule has 0 aliphatic carbocycles. The van der Waals surface area contributed by atoms with Gasteiger partial charge >= 0.3 is 0 Å². The van der Waals surface area contributed by atoms with E-state index in [0.29, 0.717) is 53.1 Å². The zero-order valence-electron chi connectivity index (χ0n) is 18.4. The van der Waals surface area contributed by atoms with Crippen LogP contribution in [-0.2, 0) is 14.4 Å². The average Bonchev–Trinajstić information content (AvgIpc) is 2.98. The number of anilines is 2. The van der Waals surface area contributed by atoms with Gasteiger partial charge in [0, 0.05) is 25.7 Å². The van der Waals surface area contributed by atoms with Gasteiger partial charge in [-0.25, -0.2) is 9.29 Å². The molecule has 0 radical (unpaired) electrons. The van der Waals surface area contributed by atoms with Crippen LogP contribution in [0.1, 0.15) is 32.8 Å². The molecule has 2 aliphatic heterocycles. The van der Waals surface area contributed by atoms with Crippen LogP contribution < -0.4 is 10.2 Å². The molecule has 1 fully saturated rings. The molecule has 32 heavy (non-hydrogen) atoms. The molecule has 166 valence electrons. The Balaban J connectivity index is 1.76. The van der Waals surface area contributed by atoms with E-state index in [-0.39, 0.29) is 11.8 Å². The van der Waals surface area contributed by atoms with Crippen molar-refractivity contribution in [2.24, 2.45) is 11.8 Å². The second kappa shape index (κ2) is 8.57. The number of imide groups is 1.